The van der Waals surface area contributed by atoms with Gasteiger partial charge in [0.05, 0.1) is 11.3 Å². The molecule has 6 rings (SSSR count). The highest BCUT2D eigenvalue weighted by atomic mass is 16.3. The number of rotatable bonds is 7. The van der Waals surface area contributed by atoms with Crippen molar-refractivity contribution in [3.8, 4) is 11.1 Å². The van der Waals surface area contributed by atoms with E-state index < -0.39 is 0 Å². The van der Waals surface area contributed by atoms with Crippen LogP contribution >= 0.6 is 0 Å². The molecule has 0 spiro atoms. The van der Waals surface area contributed by atoms with Gasteiger partial charge in [0.1, 0.15) is 16.9 Å². The lowest BCUT2D eigenvalue weighted by molar-refractivity contribution is 0.540. The van der Waals surface area contributed by atoms with Crippen molar-refractivity contribution < 1.29 is 8.83 Å². The van der Waals surface area contributed by atoms with Crippen LogP contribution in [-0.2, 0) is 12.8 Å². The number of hydrogen-bond acceptors (Lipinski definition) is 3. The van der Waals surface area contributed by atoms with Gasteiger partial charge in [0.2, 0.25) is 0 Å². The van der Waals surface area contributed by atoms with Crippen LogP contribution in [0, 0.1) is 0 Å². The minimum atomic E-state index is 0.850. The maximum Gasteiger partial charge on any atom is 0.187 e. The van der Waals surface area contributed by atoms with Crippen molar-refractivity contribution in [3.63, 3.8) is 0 Å². The van der Waals surface area contributed by atoms with Gasteiger partial charge in [0, 0.05) is 28.4 Å². The van der Waals surface area contributed by atoms with Gasteiger partial charge in [-0.15, -0.1) is 0 Å². The topological polar surface area (TPSA) is 38.3 Å². The van der Waals surface area contributed by atoms with Crippen LogP contribution < -0.4 is 11.0 Å². The van der Waals surface area contributed by atoms with Gasteiger partial charge >= 0.3 is 0 Å². The largest absolute Gasteiger partial charge is 0.471 e. The summed E-state index contributed by atoms with van der Waals surface area (Å²) in [5.74, 6) is 0.998. The predicted octanol–water partition coefficient (Wildman–Crippen LogP) is 7.02. The summed E-state index contributed by atoms with van der Waals surface area (Å²) in [7, 11) is 2.06. The van der Waals surface area contributed by atoms with E-state index in [0.717, 1.165) is 58.6 Å². The molecule has 0 atom stereocenters. The third kappa shape index (κ3) is 4.12. The first kappa shape index (κ1) is 21.4. The molecule has 0 bridgehead atoms. The van der Waals surface area contributed by atoms with Gasteiger partial charge in [-0.1, -0.05) is 72.8 Å². The standard InChI is InChI=1S/C31H26BNO2/c32-31-29(24-16-6-8-18-26(24)35-31)23-15-5-4-11-21(23)12-10-20-28-30(33-22-13-2-1-3-14-22)25-17-7-9-19-27(25)34-28/h1-9,11,13-19,33H,10,12,20,32H2. The van der Waals surface area contributed by atoms with E-state index in [-0.39, 0.29) is 0 Å². The number of furan rings is 2. The molecule has 0 saturated heterocycles. The number of fused-ring (bicyclic) bond motifs is 2. The second-order valence-corrected chi connectivity index (χ2v) is 8.93. The van der Waals surface area contributed by atoms with E-state index in [1.807, 2.05) is 42.5 Å². The summed E-state index contributed by atoms with van der Waals surface area (Å²) in [6.07, 6.45) is 2.79. The molecule has 1 N–H and O–H groups in total. The van der Waals surface area contributed by atoms with Crippen LogP contribution in [0.1, 0.15) is 17.7 Å². The highest BCUT2D eigenvalue weighted by Gasteiger charge is 2.17. The molecule has 2 aromatic heterocycles. The van der Waals surface area contributed by atoms with Gasteiger partial charge in [0.25, 0.3) is 0 Å². The van der Waals surface area contributed by atoms with Crippen LogP contribution in [0.3, 0.4) is 0 Å². The lowest BCUT2D eigenvalue weighted by Crippen LogP contribution is -2.03. The molecular weight excluding hydrogens is 429 g/mol. The summed E-state index contributed by atoms with van der Waals surface area (Å²) < 4.78 is 12.4. The van der Waals surface area contributed by atoms with Gasteiger partial charge in [-0.3, -0.25) is 0 Å². The van der Waals surface area contributed by atoms with Crippen molar-refractivity contribution in [3.05, 3.63) is 114 Å². The SMILES string of the molecule is Bc1oc2ccccc2c1-c1ccccc1CCCc1oc2ccccc2c1Nc1ccccc1. The molecule has 170 valence electrons. The zero-order chi connectivity index (χ0) is 23.6. The average Bonchev–Trinajstić information content (AvgIpc) is 3.41. The zero-order valence-corrected chi connectivity index (χ0v) is 19.8. The normalized spacial score (nSPS) is 11.3. The van der Waals surface area contributed by atoms with Crippen molar-refractivity contribution in [1.82, 2.24) is 0 Å². The molecule has 6 aromatic rings. The molecular formula is C31H26BNO2. The van der Waals surface area contributed by atoms with E-state index in [4.69, 9.17) is 8.83 Å². The molecule has 2 heterocycles. The summed E-state index contributed by atoms with van der Waals surface area (Å²) in [5.41, 5.74) is 8.73. The Balaban J connectivity index is 1.28. The van der Waals surface area contributed by atoms with Gasteiger partial charge in [0.15, 0.2) is 7.85 Å². The van der Waals surface area contributed by atoms with Gasteiger partial charge in [-0.05, 0) is 54.3 Å². The van der Waals surface area contributed by atoms with Crippen LogP contribution in [0.15, 0.2) is 112 Å². The zero-order valence-electron chi connectivity index (χ0n) is 19.8. The summed E-state index contributed by atoms with van der Waals surface area (Å²) in [5, 5.41) is 5.89. The lowest BCUT2D eigenvalue weighted by Gasteiger charge is -2.11. The van der Waals surface area contributed by atoms with E-state index in [9.17, 15) is 0 Å². The van der Waals surface area contributed by atoms with E-state index in [1.165, 1.54) is 22.1 Å². The highest BCUT2D eigenvalue weighted by Crippen LogP contribution is 2.35. The second kappa shape index (κ2) is 9.23. The molecule has 0 unspecified atom stereocenters. The Labute approximate surface area is 205 Å². The van der Waals surface area contributed by atoms with Crippen LogP contribution in [0.25, 0.3) is 33.1 Å². The van der Waals surface area contributed by atoms with E-state index in [2.05, 4.69) is 73.8 Å². The van der Waals surface area contributed by atoms with Crippen LogP contribution in [0.2, 0.25) is 0 Å². The minimum absolute atomic E-state index is 0.850. The molecule has 0 amide bonds. The Hall–Kier alpha value is -4.18. The fraction of sp³-hybridized carbons (Fsp3) is 0.0968. The lowest BCUT2D eigenvalue weighted by atomic mass is 9.89. The van der Waals surface area contributed by atoms with Crippen LogP contribution in [0.5, 0.6) is 0 Å². The summed E-state index contributed by atoms with van der Waals surface area (Å²) in [4.78, 5) is 0. The Morgan fingerprint density at radius 3 is 2.11 bits per heavy atom. The summed E-state index contributed by atoms with van der Waals surface area (Å²) >= 11 is 0. The summed E-state index contributed by atoms with van der Waals surface area (Å²) in [6.45, 7) is 0. The van der Waals surface area contributed by atoms with Gasteiger partial charge in [-0.25, -0.2) is 0 Å². The van der Waals surface area contributed by atoms with Crippen molar-refractivity contribution in [2.45, 2.75) is 19.3 Å². The van der Waals surface area contributed by atoms with Gasteiger partial charge < -0.3 is 14.2 Å². The molecule has 0 aliphatic rings. The molecule has 0 saturated carbocycles. The first-order chi connectivity index (χ1) is 17.3. The van der Waals surface area contributed by atoms with E-state index in [1.54, 1.807) is 0 Å². The van der Waals surface area contributed by atoms with Crippen molar-refractivity contribution >= 4 is 46.8 Å². The molecule has 0 aliphatic heterocycles. The van der Waals surface area contributed by atoms with Crippen LogP contribution in [0.4, 0.5) is 11.4 Å². The monoisotopic (exact) mass is 455 g/mol. The summed E-state index contributed by atoms with van der Waals surface area (Å²) in [6, 6.07) is 35.5. The number of aryl methyl sites for hydroxylation is 2. The van der Waals surface area contributed by atoms with E-state index in [0.29, 0.717) is 0 Å². The molecule has 35 heavy (non-hydrogen) atoms. The molecule has 0 fully saturated rings. The number of hydrogen-bond donors (Lipinski definition) is 1. The van der Waals surface area contributed by atoms with Crippen molar-refractivity contribution in [2.75, 3.05) is 5.32 Å². The Morgan fingerprint density at radius 1 is 0.629 bits per heavy atom. The molecule has 0 aliphatic carbocycles. The van der Waals surface area contributed by atoms with Crippen molar-refractivity contribution in [1.29, 1.82) is 0 Å². The third-order valence-electron chi connectivity index (χ3n) is 6.62. The first-order valence-electron chi connectivity index (χ1n) is 12.2. The maximum absolute atomic E-state index is 6.31. The number of anilines is 2. The number of nitrogens with one attached hydrogen (secondary N) is 1. The maximum atomic E-state index is 6.31. The van der Waals surface area contributed by atoms with E-state index >= 15 is 0 Å². The average molecular weight is 455 g/mol. The predicted molar refractivity (Wildman–Crippen MR) is 148 cm³/mol. The Morgan fingerprint density at radius 2 is 1.29 bits per heavy atom. The Bertz CT molecular complexity index is 1610. The number of para-hydroxylation sites is 3. The third-order valence-corrected chi connectivity index (χ3v) is 6.62. The second-order valence-electron chi connectivity index (χ2n) is 8.93. The molecule has 0 radical (unpaired) electrons. The van der Waals surface area contributed by atoms with Gasteiger partial charge in [-0.2, -0.15) is 0 Å². The highest BCUT2D eigenvalue weighted by molar-refractivity contribution is 6.36. The quantitative estimate of drug-likeness (QED) is 0.263. The smallest absolute Gasteiger partial charge is 0.187 e. The van der Waals surface area contributed by atoms with Crippen LogP contribution in [-0.4, -0.2) is 7.85 Å². The molecule has 3 nitrogen and oxygen atoms in total. The number of benzene rings is 4. The minimum Gasteiger partial charge on any atom is -0.471 e. The van der Waals surface area contributed by atoms with Crippen molar-refractivity contribution in [2.24, 2.45) is 0 Å². The Kier molecular flexibility index (Phi) is 5.63. The fourth-order valence-corrected chi connectivity index (χ4v) is 5.00. The molecule has 4 aromatic carbocycles. The first-order valence-corrected chi connectivity index (χ1v) is 12.2. The fourth-order valence-electron chi connectivity index (χ4n) is 5.00. The molecule has 4 heteroatoms.